The molecular weight excluding hydrogens is 405 g/mol. The van der Waals surface area contributed by atoms with Crippen LogP contribution in [0.4, 0.5) is 0 Å². The van der Waals surface area contributed by atoms with E-state index in [1.165, 1.54) is 0 Å². The molecule has 5 nitrogen and oxygen atoms in total. The van der Waals surface area contributed by atoms with E-state index in [4.69, 9.17) is 4.74 Å². The number of hydrogen-bond acceptors (Lipinski definition) is 4. The van der Waals surface area contributed by atoms with Crippen molar-refractivity contribution < 1.29 is 9.53 Å². The van der Waals surface area contributed by atoms with Crippen LogP contribution in [0, 0.1) is 3.57 Å². The molecule has 0 radical (unpaired) electrons. The van der Waals surface area contributed by atoms with Crippen molar-refractivity contribution in [2.24, 2.45) is 0 Å². The van der Waals surface area contributed by atoms with Crippen molar-refractivity contribution >= 4 is 28.5 Å². The van der Waals surface area contributed by atoms with Crippen molar-refractivity contribution in [2.45, 2.75) is 37.8 Å². The van der Waals surface area contributed by atoms with E-state index in [0.717, 1.165) is 34.8 Å². The monoisotopic (exact) mass is 423 g/mol. The van der Waals surface area contributed by atoms with E-state index in [1.807, 2.05) is 24.3 Å². The Morgan fingerprint density at radius 3 is 2.48 bits per heavy atom. The van der Waals surface area contributed by atoms with Crippen LogP contribution in [0.2, 0.25) is 0 Å². The van der Waals surface area contributed by atoms with Gasteiger partial charge >= 0.3 is 6.01 Å². The molecule has 0 spiro atoms. The lowest BCUT2D eigenvalue weighted by atomic mass is 9.92. The average molecular weight is 423 g/mol. The van der Waals surface area contributed by atoms with Gasteiger partial charge in [0, 0.05) is 22.0 Å². The Labute approximate surface area is 149 Å². The molecule has 6 heteroatoms. The van der Waals surface area contributed by atoms with Gasteiger partial charge in [-0.1, -0.05) is 12.1 Å². The van der Waals surface area contributed by atoms with Crippen LogP contribution in [0.1, 0.15) is 36.0 Å². The minimum absolute atomic E-state index is 0.00533. The molecular formula is C17H18IN3O2. The van der Waals surface area contributed by atoms with E-state index in [2.05, 4.69) is 37.9 Å². The molecule has 3 rings (SSSR count). The van der Waals surface area contributed by atoms with Gasteiger partial charge in [-0.2, -0.15) is 0 Å². The zero-order valence-electron chi connectivity index (χ0n) is 12.6. The zero-order chi connectivity index (χ0) is 16.1. The van der Waals surface area contributed by atoms with Crippen LogP contribution in [0.3, 0.4) is 0 Å². The quantitative estimate of drug-likeness (QED) is 0.768. The fourth-order valence-electron chi connectivity index (χ4n) is 2.73. The molecule has 1 N–H and O–H groups in total. The molecule has 1 aliphatic carbocycles. The van der Waals surface area contributed by atoms with Gasteiger partial charge in [0.05, 0.1) is 5.56 Å². The van der Waals surface area contributed by atoms with E-state index in [-0.39, 0.29) is 18.1 Å². The largest absolute Gasteiger partial charge is 0.460 e. The number of amides is 1. The summed E-state index contributed by atoms with van der Waals surface area (Å²) in [6.07, 6.45) is 7.09. The molecule has 1 saturated carbocycles. The molecule has 2 aromatic rings. The predicted octanol–water partition coefficient (Wildman–Crippen LogP) is 3.20. The molecule has 1 fully saturated rings. The average Bonchev–Trinajstić information content (AvgIpc) is 2.58. The fraction of sp³-hybridized carbons (Fsp3) is 0.353. The summed E-state index contributed by atoms with van der Waals surface area (Å²) in [5.74, 6) is 0.00533. The molecule has 0 aliphatic heterocycles. The van der Waals surface area contributed by atoms with Crippen molar-refractivity contribution in [1.82, 2.24) is 15.3 Å². The Balaban J connectivity index is 1.49. The minimum Gasteiger partial charge on any atom is -0.460 e. The van der Waals surface area contributed by atoms with Crippen molar-refractivity contribution in [3.63, 3.8) is 0 Å². The Hall–Kier alpha value is -1.70. The topological polar surface area (TPSA) is 64.1 Å². The number of hydrogen-bond donors (Lipinski definition) is 1. The Morgan fingerprint density at radius 1 is 1.09 bits per heavy atom. The smallest absolute Gasteiger partial charge is 0.316 e. The highest BCUT2D eigenvalue weighted by Crippen LogP contribution is 2.22. The summed E-state index contributed by atoms with van der Waals surface area (Å²) in [4.78, 5) is 20.5. The third-order valence-corrected chi connectivity index (χ3v) is 4.88. The highest BCUT2D eigenvalue weighted by atomic mass is 127. The van der Waals surface area contributed by atoms with Gasteiger partial charge < -0.3 is 10.1 Å². The maximum atomic E-state index is 12.3. The number of ether oxygens (including phenoxy) is 1. The van der Waals surface area contributed by atoms with Gasteiger partial charge in [0.2, 0.25) is 0 Å². The van der Waals surface area contributed by atoms with E-state index >= 15 is 0 Å². The summed E-state index contributed by atoms with van der Waals surface area (Å²) in [6.45, 7) is 0. The molecule has 0 unspecified atom stereocenters. The lowest BCUT2D eigenvalue weighted by molar-refractivity contribution is 0.0884. The summed E-state index contributed by atoms with van der Waals surface area (Å²) >= 11 is 2.19. The first-order valence-electron chi connectivity index (χ1n) is 7.71. The predicted molar refractivity (Wildman–Crippen MR) is 95.3 cm³/mol. The molecule has 0 atom stereocenters. The van der Waals surface area contributed by atoms with E-state index in [0.29, 0.717) is 6.01 Å². The van der Waals surface area contributed by atoms with Gasteiger partial charge in [0.1, 0.15) is 6.10 Å². The normalized spacial score (nSPS) is 20.7. The summed E-state index contributed by atoms with van der Waals surface area (Å²) in [5, 5.41) is 3.13. The first-order chi connectivity index (χ1) is 11.2. The number of rotatable bonds is 4. The number of carbonyl (C=O) groups is 1. The van der Waals surface area contributed by atoms with Gasteiger partial charge in [-0.25, -0.2) is 9.97 Å². The third kappa shape index (κ3) is 4.40. The lowest BCUT2D eigenvalue weighted by Gasteiger charge is -2.28. The minimum atomic E-state index is 0.00533. The fourth-order valence-corrected chi connectivity index (χ4v) is 3.36. The van der Waals surface area contributed by atoms with Crippen LogP contribution in [-0.2, 0) is 0 Å². The number of carbonyl (C=O) groups excluding carboxylic acids is 1. The molecule has 1 amide bonds. The first-order valence-corrected chi connectivity index (χ1v) is 8.79. The van der Waals surface area contributed by atoms with Crippen LogP contribution >= 0.6 is 22.6 Å². The standard InChI is InChI=1S/C17H18IN3O2/c18-15-5-2-1-4-14(15)16(22)21-12-6-8-13(9-7-12)23-17-19-10-3-11-20-17/h1-5,10-13H,6-9H2,(H,21,22). The third-order valence-electron chi connectivity index (χ3n) is 3.94. The Bertz CT molecular complexity index is 658. The van der Waals surface area contributed by atoms with Crippen molar-refractivity contribution in [3.05, 3.63) is 51.9 Å². The van der Waals surface area contributed by atoms with Gasteiger partial charge in [0.15, 0.2) is 0 Å². The van der Waals surface area contributed by atoms with Crippen LogP contribution in [0.25, 0.3) is 0 Å². The molecule has 23 heavy (non-hydrogen) atoms. The maximum absolute atomic E-state index is 12.3. The second-order valence-corrected chi connectivity index (χ2v) is 6.74. The van der Waals surface area contributed by atoms with Crippen LogP contribution in [0.5, 0.6) is 6.01 Å². The van der Waals surface area contributed by atoms with Crippen molar-refractivity contribution in [1.29, 1.82) is 0 Å². The van der Waals surface area contributed by atoms with Gasteiger partial charge in [-0.05, 0) is 66.5 Å². The molecule has 1 aromatic heterocycles. The van der Waals surface area contributed by atoms with E-state index in [9.17, 15) is 4.79 Å². The highest BCUT2D eigenvalue weighted by molar-refractivity contribution is 14.1. The summed E-state index contributed by atoms with van der Waals surface area (Å²) in [5.41, 5.74) is 0.740. The van der Waals surface area contributed by atoms with E-state index < -0.39 is 0 Å². The van der Waals surface area contributed by atoms with Crippen LogP contribution in [0.15, 0.2) is 42.7 Å². The number of nitrogens with zero attached hydrogens (tertiary/aromatic N) is 2. The van der Waals surface area contributed by atoms with Gasteiger partial charge in [-0.3, -0.25) is 4.79 Å². The number of aromatic nitrogens is 2. The maximum Gasteiger partial charge on any atom is 0.316 e. The summed E-state index contributed by atoms with van der Waals surface area (Å²) in [7, 11) is 0. The lowest BCUT2D eigenvalue weighted by Crippen LogP contribution is -2.40. The number of halogens is 1. The van der Waals surface area contributed by atoms with E-state index in [1.54, 1.807) is 18.5 Å². The first kappa shape index (κ1) is 16.2. The molecule has 1 heterocycles. The molecule has 120 valence electrons. The Morgan fingerprint density at radius 2 is 1.78 bits per heavy atom. The highest BCUT2D eigenvalue weighted by Gasteiger charge is 2.24. The van der Waals surface area contributed by atoms with Crippen LogP contribution < -0.4 is 10.1 Å². The Kier molecular flexibility index (Phi) is 5.43. The molecule has 0 saturated heterocycles. The zero-order valence-corrected chi connectivity index (χ0v) is 14.8. The second-order valence-electron chi connectivity index (χ2n) is 5.58. The van der Waals surface area contributed by atoms with Gasteiger partial charge in [-0.15, -0.1) is 0 Å². The van der Waals surface area contributed by atoms with Crippen molar-refractivity contribution in [3.8, 4) is 6.01 Å². The SMILES string of the molecule is O=C(NC1CCC(Oc2ncccn2)CC1)c1ccccc1I. The molecule has 1 aromatic carbocycles. The molecule has 1 aliphatic rings. The number of nitrogens with one attached hydrogen (secondary N) is 1. The molecule has 0 bridgehead atoms. The van der Waals surface area contributed by atoms with Gasteiger partial charge in [0.25, 0.3) is 5.91 Å². The summed E-state index contributed by atoms with van der Waals surface area (Å²) in [6, 6.07) is 10.0. The second kappa shape index (κ2) is 7.72. The van der Waals surface area contributed by atoms with Crippen LogP contribution in [-0.4, -0.2) is 28.0 Å². The van der Waals surface area contributed by atoms with Crippen molar-refractivity contribution in [2.75, 3.05) is 0 Å². The number of benzene rings is 1. The summed E-state index contributed by atoms with van der Waals surface area (Å²) < 4.78 is 6.75.